The van der Waals surface area contributed by atoms with Crippen LogP contribution in [0.25, 0.3) is 22.5 Å². The number of ether oxygens (including phenoxy) is 1. The highest BCUT2D eigenvalue weighted by molar-refractivity contribution is 6.33. The second-order valence-electron chi connectivity index (χ2n) is 7.23. The summed E-state index contributed by atoms with van der Waals surface area (Å²) in [5.41, 5.74) is 4.25. The second kappa shape index (κ2) is 9.47. The summed E-state index contributed by atoms with van der Waals surface area (Å²) < 4.78 is 11.0. The zero-order valence-electron chi connectivity index (χ0n) is 17.4. The molecular weight excluding hydrogens is 447 g/mol. The van der Waals surface area contributed by atoms with Crippen molar-refractivity contribution in [2.24, 2.45) is 0 Å². The average Bonchev–Trinajstić information content (AvgIpc) is 3.14. The summed E-state index contributed by atoms with van der Waals surface area (Å²) in [7, 11) is 0. The van der Waals surface area contributed by atoms with Gasteiger partial charge < -0.3 is 9.26 Å². The molecule has 1 heterocycles. The van der Waals surface area contributed by atoms with E-state index in [0.717, 1.165) is 11.1 Å². The van der Waals surface area contributed by atoms with E-state index in [0.29, 0.717) is 38.3 Å². The Bertz CT molecular complexity index is 1260. The molecule has 7 heteroatoms. The second-order valence-corrected chi connectivity index (χ2v) is 8.04. The Balaban J connectivity index is 1.56. The molecule has 0 aliphatic heterocycles. The molecule has 1 N–H and O–H groups in total. The fourth-order valence-corrected chi connectivity index (χ4v) is 3.93. The number of aryl methyl sites for hydroxylation is 1. The van der Waals surface area contributed by atoms with E-state index in [-0.39, 0.29) is 0 Å². The first-order chi connectivity index (χ1) is 15.4. The lowest BCUT2D eigenvalue weighted by Crippen LogP contribution is -2.17. The predicted molar refractivity (Wildman–Crippen MR) is 127 cm³/mol. The molecule has 0 radical (unpaired) electrons. The van der Waals surface area contributed by atoms with Crippen molar-refractivity contribution in [2.75, 3.05) is 5.32 Å². The van der Waals surface area contributed by atoms with Crippen LogP contribution in [-0.4, -0.2) is 11.2 Å². The zero-order valence-corrected chi connectivity index (χ0v) is 18.9. The summed E-state index contributed by atoms with van der Waals surface area (Å²) in [6.45, 7) is 3.48. The molecule has 3 aromatic carbocycles. The van der Waals surface area contributed by atoms with Gasteiger partial charge in [0.1, 0.15) is 17.5 Å². The largest absolute Gasteiger partial charge is 0.441 e. The molecule has 0 bridgehead atoms. The minimum atomic E-state index is -0.651. The summed E-state index contributed by atoms with van der Waals surface area (Å²) in [4.78, 5) is 12.6. The van der Waals surface area contributed by atoms with Gasteiger partial charge in [-0.15, -0.1) is 0 Å². The van der Waals surface area contributed by atoms with Gasteiger partial charge in [0, 0.05) is 16.1 Å². The van der Waals surface area contributed by atoms with Gasteiger partial charge >= 0.3 is 6.09 Å². The van der Waals surface area contributed by atoms with Gasteiger partial charge in [-0.3, -0.25) is 5.32 Å². The molecule has 5 nitrogen and oxygen atoms in total. The number of amides is 1. The number of anilines is 1. The van der Waals surface area contributed by atoms with E-state index >= 15 is 0 Å². The molecule has 4 aromatic rings. The van der Waals surface area contributed by atoms with Gasteiger partial charge in [-0.1, -0.05) is 83.0 Å². The molecule has 4 rings (SSSR count). The van der Waals surface area contributed by atoms with Crippen LogP contribution < -0.4 is 5.32 Å². The van der Waals surface area contributed by atoms with E-state index in [9.17, 15) is 4.79 Å². The molecule has 162 valence electrons. The van der Waals surface area contributed by atoms with Crippen molar-refractivity contribution in [1.29, 1.82) is 0 Å². The van der Waals surface area contributed by atoms with Crippen LogP contribution in [0.2, 0.25) is 10.0 Å². The minimum absolute atomic E-state index is 0.356. The van der Waals surface area contributed by atoms with E-state index in [1.54, 1.807) is 19.9 Å². The molecule has 32 heavy (non-hydrogen) atoms. The van der Waals surface area contributed by atoms with Crippen molar-refractivity contribution in [3.05, 3.63) is 94.1 Å². The predicted octanol–water partition coefficient (Wildman–Crippen LogP) is 7.93. The fraction of sp³-hybridized carbons (Fsp3) is 0.120. The first-order valence-corrected chi connectivity index (χ1v) is 10.7. The number of hydrogen-bond acceptors (Lipinski definition) is 4. The standard InChI is InChI=1S/C25H20Cl2N2O3/c1-15-23(28-25(30)31-16(2)19-10-6-7-11-21(19)26)24(32-29-15)20-13-12-18(14-22(20)27)17-8-4-3-5-9-17/h3-14,16H,1-2H3,(H,28,30)/t16-/m1/s1. The van der Waals surface area contributed by atoms with Crippen molar-refractivity contribution in [1.82, 2.24) is 5.16 Å². The maximum atomic E-state index is 12.6. The summed E-state index contributed by atoms with van der Waals surface area (Å²) in [6.07, 6.45) is -1.19. The van der Waals surface area contributed by atoms with Crippen molar-refractivity contribution in [3.63, 3.8) is 0 Å². The minimum Gasteiger partial charge on any atom is -0.441 e. The SMILES string of the molecule is Cc1noc(-c2ccc(-c3ccccc3)cc2Cl)c1NC(=O)O[C@H](C)c1ccccc1Cl. The Labute approximate surface area is 195 Å². The van der Waals surface area contributed by atoms with Crippen LogP contribution in [-0.2, 0) is 4.74 Å². The highest BCUT2D eigenvalue weighted by Crippen LogP contribution is 2.38. The van der Waals surface area contributed by atoms with Gasteiger partial charge in [-0.2, -0.15) is 0 Å². The molecule has 0 saturated heterocycles. The molecule has 0 fully saturated rings. The number of nitrogens with one attached hydrogen (secondary N) is 1. The smallest absolute Gasteiger partial charge is 0.412 e. The molecule has 0 spiro atoms. The maximum absolute atomic E-state index is 12.6. The van der Waals surface area contributed by atoms with Crippen molar-refractivity contribution in [2.45, 2.75) is 20.0 Å². The number of aromatic nitrogens is 1. The van der Waals surface area contributed by atoms with Crippen LogP contribution in [0.5, 0.6) is 0 Å². The number of nitrogens with zero attached hydrogens (tertiary/aromatic N) is 1. The van der Waals surface area contributed by atoms with Gasteiger partial charge in [0.25, 0.3) is 0 Å². The zero-order chi connectivity index (χ0) is 22.7. The average molecular weight is 467 g/mol. The molecular formula is C25H20Cl2N2O3. The third kappa shape index (κ3) is 4.64. The summed E-state index contributed by atoms with van der Waals surface area (Å²) >= 11 is 12.8. The molecule has 1 aromatic heterocycles. The van der Waals surface area contributed by atoms with Crippen LogP contribution in [0.3, 0.4) is 0 Å². The quantitative estimate of drug-likeness (QED) is 0.324. The van der Waals surface area contributed by atoms with Gasteiger partial charge in [-0.25, -0.2) is 4.79 Å². The fourth-order valence-electron chi connectivity index (χ4n) is 3.37. The van der Waals surface area contributed by atoms with Crippen molar-refractivity contribution in [3.8, 4) is 22.5 Å². The molecule has 0 saturated carbocycles. The number of rotatable bonds is 5. The topological polar surface area (TPSA) is 64.4 Å². The van der Waals surface area contributed by atoms with E-state index in [2.05, 4.69) is 10.5 Å². The highest BCUT2D eigenvalue weighted by Gasteiger charge is 2.22. The lowest BCUT2D eigenvalue weighted by molar-refractivity contribution is 0.121. The van der Waals surface area contributed by atoms with Crippen LogP contribution in [0.15, 0.2) is 77.3 Å². The molecule has 1 amide bonds. The lowest BCUT2D eigenvalue weighted by atomic mass is 10.0. The molecule has 0 aliphatic rings. The number of carbonyl (C=O) groups excluding carboxylic acids is 1. The molecule has 0 aliphatic carbocycles. The van der Waals surface area contributed by atoms with Crippen LogP contribution in [0.4, 0.5) is 10.5 Å². The first kappa shape index (κ1) is 21.9. The highest BCUT2D eigenvalue weighted by atomic mass is 35.5. The van der Waals surface area contributed by atoms with Gasteiger partial charge in [0.15, 0.2) is 5.76 Å². The first-order valence-electron chi connectivity index (χ1n) is 9.97. The monoisotopic (exact) mass is 466 g/mol. The maximum Gasteiger partial charge on any atom is 0.412 e. The Morgan fingerprint density at radius 2 is 1.69 bits per heavy atom. The van der Waals surface area contributed by atoms with Crippen molar-refractivity contribution >= 4 is 35.0 Å². The normalized spacial score (nSPS) is 11.8. The summed E-state index contributed by atoms with van der Waals surface area (Å²) in [6, 6.07) is 22.8. The van der Waals surface area contributed by atoms with Gasteiger partial charge in [0.05, 0.1) is 5.02 Å². The third-order valence-corrected chi connectivity index (χ3v) is 5.69. The number of carbonyl (C=O) groups is 1. The van der Waals surface area contributed by atoms with Gasteiger partial charge in [-0.05, 0) is 43.2 Å². The number of benzene rings is 3. The Morgan fingerprint density at radius 1 is 0.969 bits per heavy atom. The van der Waals surface area contributed by atoms with Crippen LogP contribution in [0, 0.1) is 6.92 Å². The third-order valence-electron chi connectivity index (χ3n) is 5.04. The van der Waals surface area contributed by atoms with E-state index in [1.807, 2.05) is 66.7 Å². The number of halogens is 2. The Hall–Kier alpha value is -3.28. The Morgan fingerprint density at radius 3 is 2.41 bits per heavy atom. The summed E-state index contributed by atoms with van der Waals surface area (Å²) in [5.74, 6) is 0.356. The van der Waals surface area contributed by atoms with E-state index < -0.39 is 12.2 Å². The van der Waals surface area contributed by atoms with Crippen molar-refractivity contribution < 1.29 is 14.1 Å². The molecule has 1 atom stereocenters. The van der Waals surface area contributed by atoms with E-state index in [4.69, 9.17) is 32.5 Å². The molecule has 0 unspecified atom stereocenters. The lowest BCUT2D eigenvalue weighted by Gasteiger charge is -2.15. The van der Waals surface area contributed by atoms with Crippen LogP contribution >= 0.6 is 23.2 Å². The summed E-state index contributed by atoms with van der Waals surface area (Å²) in [5, 5.41) is 7.73. The number of hydrogen-bond donors (Lipinski definition) is 1. The van der Waals surface area contributed by atoms with Crippen LogP contribution in [0.1, 0.15) is 24.3 Å². The van der Waals surface area contributed by atoms with Gasteiger partial charge in [0.2, 0.25) is 0 Å². The Kier molecular flexibility index (Phi) is 6.49. The van der Waals surface area contributed by atoms with E-state index in [1.165, 1.54) is 0 Å².